The van der Waals surface area contributed by atoms with Crippen LogP contribution in [0.1, 0.15) is 40.0 Å². The average molecular weight is 428 g/mol. The molecule has 6 heteroatoms. The van der Waals surface area contributed by atoms with E-state index in [1.54, 1.807) is 31.4 Å². The Kier molecular flexibility index (Phi) is 6.03. The van der Waals surface area contributed by atoms with Crippen LogP contribution in [-0.4, -0.2) is 23.2 Å². The molecule has 0 spiro atoms. The fourth-order valence-electron chi connectivity index (χ4n) is 3.47. The monoisotopic (exact) mass is 427 g/mol. The van der Waals surface area contributed by atoms with E-state index < -0.39 is 0 Å². The third kappa shape index (κ3) is 4.54. The van der Waals surface area contributed by atoms with Crippen molar-refractivity contribution in [3.8, 4) is 28.7 Å². The Bertz CT molecular complexity index is 1230. The number of benzene rings is 3. The predicted molar refractivity (Wildman–Crippen MR) is 124 cm³/mol. The molecule has 1 unspecified atom stereocenters. The van der Waals surface area contributed by atoms with Gasteiger partial charge in [0.2, 0.25) is 11.8 Å². The van der Waals surface area contributed by atoms with Gasteiger partial charge in [0.1, 0.15) is 5.75 Å². The van der Waals surface area contributed by atoms with Crippen molar-refractivity contribution in [3.05, 3.63) is 89.0 Å². The minimum absolute atomic E-state index is 0.168. The van der Waals surface area contributed by atoms with Gasteiger partial charge in [-0.25, -0.2) is 0 Å². The normalized spacial score (nSPS) is 11.8. The van der Waals surface area contributed by atoms with Gasteiger partial charge in [0.15, 0.2) is 0 Å². The van der Waals surface area contributed by atoms with Crippen molar-refractivity contribution in [1.82, 2.24) is 15.5 Å². The Morgan fingerprint density at radius 1 is 0.875 bits per heavy atom. The van der Waals surface area contributed by atoms with E-state index in [0.717, 1.165) is 33.6 Å². The maximum absolute atomic E-state index is 12.8. The second kappa shape index (κ2) is 9.06. The molecule has 0 saturated carbocycles. The number of rotatable bonds is 6. The maximum atomic E-state index is 12.8. The lowest BCUT2D eigenvalue weighted by Crippen LogP contribution is -2.27. The molecule has 0 aliphatic carbocycles. The quantitative estimate of drug-likeness (QED) is 0.438. The standard InChI is InChI=1S/C26H25N3O3/c1-16-5-8-20(9-6-16)25-28-29-26(32-25)21-12-10-19(11-13-21)24(30)27-18(3)22-15-17(2)7-14-23(22)31-4/h5-15,18H,1-4H3,(H,27,30). The SMILES string of the molecule is COc1ccc(C)cc1C(C)NC(=O)c1ccc(-c2nnc(-c3ccc(C)cc3)o2)cc1. The van der Waals surface area contributed by atoms with E-state index in [9.17, 15) is 4.79 Å². The zero-order valence-electron chi connectivity index (χ0n) is 18.5. The minimum Gasteiger partial charge on any atom is -0.496 e. The molecule has 0 saturated heterocycles. The number of methoxy groups -OCH3 is 1. The molecule has 1 heterocycles. The highest BCUT2D eigenvalue weighted by molar-refractivity contribution is 5.94. The van der Waals surface area contributed by atoms with E-state index in [-0.39, 0.29) is 11.9 Å². The molecule has 1 amide bonds. The summed E-state index contributed by atoms with van der Waals surface area (Å²) >= 11 is 0. The molecular weight excluding hydrogens is 402 g/mol. The first kappa shape index (κ1) is 21.3. The minimum atomic E-state index is -0.204. The number of ether oxygens (including phenoxy) is 1. The molecule has 0 aliphatic heterocycles. The summed E-state index contributed by atoms with van der Waals surface area (Å²) in [6, 6.07) is 20.7. The van der Waals surface area contributed by atoms with Gasteiger partial charge < -0.3 is 14.5 Å². The van der Waals surface area contributed by atoms with Gasteiger partial charge in [-0.3, -0.25) is 4.79 Å². The number of amides is 1. The number of carbonyl (C=O) groups is 1. The summed E-state index contributed by atoms with van der Waals surface area (Å²) in [5.41, 5.74) is 5.37. The van der Waals surface area contributed by atoms with Crippen LogP contribution in [0, 0.1) is 13.8 Å². The van der Waals surface area contributed by atoms with E-state index in [4.69, 9.17) is 9.15 Å². The number of hydrogen-bond donors (Lipinski definition) is 1. The van der Waals surface area contributed by atoms with Gasteiger partial charge in [0, 0.05) is 22.3 Å². The Hall–Kier alpha value is -3.93. The molecule has 4 rings (SSSR count). The fraction of sp³-hybridized carbons (Fsp3) is 0.192. The van der Waals surface area contributed by atoms with Crippen molar-refractivity contribution < 1.29 is 13.9 Å². The number of aryl methyl sites for hydroxylation is 2. The van der Waals surface area contributed by atoms with Crippen molar-refractivity contribution in [1.29, 1.82) is 0 Å². The molecule has 4 aromatic rings. The van der Waals surface area contributed by atoms with E-state index in [1.807, 2.05) is 63.2 Å². The summed E-state index contributed by atoms with van der Waals surface area (Å²) in [6.45, 7) is 5.98. The number of nitrogens with zero attached hydrogens (tertiary/aromatic N) is 2. The lowest BCUT2D eigenvalue weighted by atomic mass is 10.0. The second-order valence-electron chi connectivity index (χ2n) is 7.80. The summed E-state index contributed by atoms with van der Waals surface area (Å²) < 4.78 is 11.3. The average Bonchev–Trinajstić information content (AvgIpc) is 3.30. The van der Waals surface area contributed by atoms with Crippen molar-refractivity contribution in [2.45, 2.75) is 26.8 Å². The first-order chi connectivity index (χ1) is 15.4. The summed E-state index contributed by atoms with van der Waals surface area (Å²) in [5.74, 6) is 1.45. The molecular formula is C26H25N3O3. The topological polar surface area (TPSA) is 77.2 Å². The first-order valence-electron chi connectivity index (χ1n) is 10.4. The zero-order valence-corrected chi connectivity index (χ0v) is 18.5. The van der Waals surface area contributed by atoms with Gasteiger partial charge in [-0.2, -0.15) is 0 Å². The van der Waals surface area contributed by atoms with Gasteiger partial charge in [-0.15, -0.1) is 10.2 Å². The zero-order chi connectivity index (χ0) is 22.7. The van der Waals surface area contributed by atoms with E-state index >= 15 is 0 Å². The first-order valence-corrected chi connectivity index (χ1v) is 10.4. The maximum Gasteiger partial charge on any atom is 0.251 e. The molecule has 1 N–H and O–H groups in total. The summed E-state index contributed by atoms with van der Waals surface area (Å²) in [6.07, 6.45) is 0. The molecule has 0 aliphatic rings. The lowest BCUT2D eigenvalue weighted by molar-refractivity contribution is 0.0939. The highest BCUT2D eigenvalue weighted by Gasteiger charge is 2.16. The van der Waals surface area contributed by atoms with Crippen LogP contribution in [0.25, 0.3) is 22.9 Å². The molecule has 0 fully saturated rings. The Morgan fingerprint density at radius 2 is 1.44 bits per heavy atom. The number of carbonyl (C=O) groups excluding carboxylic acids is 1. The van der Waals surface area contributed by atoms with Crippen LogP contribution in [-0.2, 0) is 0 Å². The van der Waals surface area contributed by atoms with Gasteiger partial charge in [-0.05, 0) is 63.2 Å². The number of hydrogen-bond acceptors (Lipinski definition) is 5. The van der Waals surface area contributed by atoms with E-state index in [1.165, 1.54) is 0 Å². The van der Waals surface area contributed by atoms with Crippen LogP contribution >= 0.6 is 0 Å². The second-order valence-corrected chi connectivity index (χ2v) is 7.80. The highest BCUT2D eigenvalue weighted by Crippen LogP contribution is 2.27. The molecule has 1 aromatic heterocycles. The van der Waals surface area contributed by atoms with Gasteiger partial charge >= 0.3 is 0 Å². The van der Waals surface area contributed by atoms with Gasteiger partial charge in [0.05, 0.1) is 13.2 Å². The van der Waals surface area contributed by atoms with Crippen LogP contribution in [0.4, 0.5) is 0 Å². The van der Waals surface area contributed by atoms with Crippen LogP contribution in [0.15, 0.2) is 71.1 Å². The van der Waals surface area contributed by atoms with Crippen LogP contribution in [0.2, 0.25) is 0 Å². The highest BCUT2D eigenvalue weighted by atomic mass is 16.5. The molecule has 162 valence electrons. The van der Waals surface area contributed by atoms with Crippen LogP contribution < -0.4 is 10.1 Å². The molecule has 32 heavy (non-hydrogen) atoms. The Balaban J connectivity index is 1.47. The number of nitrogens with one attached hydrogen (secondary N) is 1. The fourth-order valence-corrected chi connectivity index (χ4v) is 3.47. The molecule has 1 atom stereocenters. The van der Waals surface area contributed by atoms with Crippen molar-refractivity contribution in [2.24, 2.45) is 0 Å². The summed E-state index contributed by atoms with van der Waals surface area (Å²) in [5, 5.41) is 11.3. The van der Waals surface area contributed by atoms with E-state index in [2.05, 4.69) is 15.5 Å². The van der Waals surface area contributed by atoms with Crippen molar-refractivity contribution in [2.75, 3.05) is 7.11 Å². The molecule has 6 nitrogen and oxygen atoms in total. The molecule has 3 aromatic carbocycles. The summed E-state index contributed by atoms with van der Waals surface area (Å²) in [7, 11) is 1.63. The number of aromatic nitrogens is 2. The summed E-state index contributed by atoms with van der Waals surface area (Å²) in [4.78, 5) is 12.8. The smallest absolute Gasteiger partial charge is 0.251 e. The van der Waals surface area contributed by atoms with Gasteiger partial charge in [-0.1, -0.05) is 35.4 Å². The van der Waals surface area contributed by atoms with Gasteiger partial charge in [0.25, 0.3) is 5.91 Å². The largest absolute Gasteiger partial charge is 0.496 e. The Labute approximate surface area is 187 Å². The third-order valence-corrected chi connectivity index (χ3v) is 5.32. The van der Waals surface area contributed by atoms with E-state index in [0.29, 0.717) is 17.3 Å². The van der Waals surface area contributed by atoms with Crippen LogP contribution in [0.3, 0.4) is 0 Å². The Morgan fingerprint density at radius 3 is 2.03 bits per heavy atom. The third-order valence-electron chi connectivity index (χ3n) is 5.32. The molecule has 0 bridgehead atoms. The molecule has 0 radical (unpaired) electrons. The van der Waals surface area contributed by atoms with Crippen molar-refractivity contribution in [3.63, 3.8) is 0 Å². The van der Waals surface area contributed by atoms with Crippen LogP contribution in [0.5, 0.6) is 5.75 Å². The predicted octanol–water partition coefficient (Wildman–Crippen LogP) is 5.52. The lowest BCUT2D eigenvalue weighted by Gasteiger charge is -2.18. The van der Waals surface area contributed by atoms with Crippen molar-refractivity contribution >= 4 is 5.91 Å².